The molecule has 0 aliphatic carbocycles. The number of nitrogens with zero attached hydrogens (tertiary/aromatic N) is 1. The number of carbonyl (C=O) groups excluding carboxylic acids is 7. The number of aliphatic carboxylic acids is 5. The van der Waals surface area contributed by atoms with Gasteiger partial charge in [-0.05, 0) is 27.7 Å². The second-order valence-corrected chi connectivity index (χ2v) is 14.1. The number of carboxylic acid groups (broad SMARTS) is 5. The van der Waals surface area contributed by atoms with Crippen LogP contribution >= 0.6 is 37.2 Å². The number of aliphatic hydroxyl groups excluding tert-OH is 1. The number of carbonyl (C=O) groups is 12. The van der Waals surface area contributed by atoms with Gasteiger partial charge in [-0.15, -0.1) is 0 Å². The first-order chi connectivity index (χ1) is 31.9. The summed E-state index contributed by atoms with van der Waals surface area (Å²) in [6.07, 6.45) is -3.48. The minimum absolute atomic E-state index is 0.00437. The lowest BCUT2D eigenvalue weighted by Crippen LogP contribution is -2.30. The van der Waals surface area contributed by atoms with Gasteiger partial charge in [0.05, 0.1) is 95.1 Å². The van der Waals surface area contributed by atoms with Crippen molar-refractivity contribution in [2.75, 3.05) is 49.7 Å². The minimum Gasteiger partial charge on any atom is -0.481 e. The summed E-state index contributed by atoms with van der Waals surface area (Å²) in [6, 6.07) is 0. The van der Waals surface area contributed by atoms with E-state index < -0.39 is 72.9 Å². The Balaban J connectivity index is -0.000000172. The van der Waals surface area contributed by atoms with Crippen LogP contribution in [-0.2, 0) is 90.8 Å². The summed E-state index contributed by atoms with van der Waals surface area (Å²) >= 11 is 4.24. The molecule has 0 aromatic heterocycles. The fourth-order valence-corrected chi connectivity index (χ4v) is 4.54. The normalized spacial score (nSPS) is 12.2. The molecule has 0 saturated carbocycles. The number of halogens is 2. The summed E-state index contributed by atoms with van der Waals surface area (Å²) in [5.74, 6) is -6.61. The van der Waals surface area contributed by atoms with E-state index in [2.05, 4.69) is 46.7 Å². The number of rotatable bonds is 26. The van der Waals surface area contributed by atoms with Gasteiger partial charge in [0.2, 0.25) is 5.91 Å². The molecule has 28 heteroatoms. The Bertz CT molecular complexity index is 1390. The van der Waals surface area contributed by atoms with Gasteiger partial charge >= 0.3 is 41.8 Å². The van der Waals surface area contributed by atoms with Crippen molar-refractivity contribution >= 4 is 108 Å². The molecule has 0 aromatic rings. The Labute approximate surface area is 423 Å². The van der Waals surface area contributed by atoms with E-state index in [1.807, 2.05) is 0 Å². The standard InChI is InChI=1S/C9H17NO4.C8H14O3.C7H12O4.C6H10O5.C6H8O4.C5H8O5.I2/c1-7(11)5-8(13-3)6-9(12)10(2)14-4;1-6(9)4-8(11-3)5-7(2)10;1-5(8)3-6(11-2)4-7(9)10;1-11-4(2-5(7)8)3-6(9)10;1-9-4-2-5(7)10-6(8)3-4;6-3(1-4(7)8)2-5(9)10;1-2/h8H,5-6H2,1-4H3;8H,4-5H2,1-3H3;6H,3-4H2,1-2H3,(H,9,10);4H,2-3H2,1H3,(H,7,8)(H,9,10);4H,2-3H2,1H3;3,6H,1-2H2,(H,7,8)(H,9,10);/t8-;;6-;;;;/m0.0..../s1. The lowest BCUT2D eigenvalue weighted by molar-refractivity contribution is -0.171. The minimum atomic E-state index is -1.28. The van der Waals surface area contributed by atoms with Crippen LogP contribution in [0.15, 0.2) is 0 Å². The van der Waals surface area contributed by atoms with Crippen molar-refractivity contribution in [3.8, 4) is 0 Å². The summed E-state index contributed by atoms with van der Waals surface area (Å²) in [7, 11) is 10.1. The Morgan fingerprint density at radius 1 is 0.507 bits per heavy atom. The molecule has 0 radical (unpaired) electrons. The van der Waals surface area contributed by atoms with Crippen molar-refractivity contribution in [2.24, 2.45) is 0 Å². The quantitative estimate of drug-likeness (QED) is 0.0314. The van der Waals surface area contributed by atoms with Crippen molar-refractivity contribution in [2.45, 2.75) is 141 Å². The van der Waals surface area contributed by atoms with Crippen LogP contribution in [0.3, 0.4) is 0 Å². The SMILES string of the molecule is COC(CC(=O)O)CC(=O)O.COC(CC(C)=O)CC(C)=O.COC1CC(=O)OC(=O)C1.CO[C@@H](CC(C)=O)CC(=O)N(C)OC.CO[C@@H](CC(C)=O)CC(=O)O.II.O=C(O)CC(O)CC(=O)O. The summed E-state index contributed by atoms with van der Waals surface area (Å²) in [4.78, 5) is 130. The third-order valence-electron chi connectivity index (χ3n) is 7.80. The number of aliphatic hydroxyl groups is 1. The maximum atomic E-state index is 11.3. The Hall–Kier alpha value is -4.18. The molecule has 69 heavy (non-hydrogen) atoms. The molecule has 402 valence electrons. The number of methoxy groups -OCH3 is 5. The lowest BCUT2D eigenvalue weighted by atomic mass is 10.1. The summed E-state index contributed by atoms with van der Waals surface area (Å²) in [5.41, 5.74) is 0. The van der Waals surface area contributed by atoms with Gasteiger partial charge in [0.15, 0.2) is 0 Å². The maximum Gasteiger partial charge on any atom is 0.316 e. The lowest BCUT2D eigenvalue weighted by Gasteiger charge is -2.17. The number of hydrogen-bond donors (Lipinski definition) is 6. The number of hydroxylamine groups is 2. The summed E-state index contributed by atoms with van der Waals surface area (Å²) in [5, 5.41) is 50.7. The number of esters is 2. The molecule has 6 N–H and O–H groups in total. The first kappa shape index (κ1) is 76.3. The number of amides is 1. The number of ether oxygens (including phenoxy) is 6. The highest BCUT2D eigenvalue weighted by Crippen LogP contribution is 2.12. The Morgan fingerprint density at radius 3 is 0.971 bits per heavy atom. The molecule has 26 nitrogen and oxygen atoms in total. The fraction of sp³-hybridized carbons (Fsp3) is 0.707. The van der Waals surface area contributed by atoms with E-state index in [0.29, 0.717) is 12.8 Å². The van der Waals surface area contributed by atoms with Crippen LogP contribution in [0.5, 0.6) is 0 Å². The highest BCUT2D eigenvalue weighted by Gasteiger charge is 2.26. The monoisotopic (exact) mass is 1230 g/mol. The van der Waals surface area contributed by atoms with Gasteiger partial charge in [0.25, 0.3) is 0 Å². The molecule has 1 rings (SSSR count). The number of hydrogen-bond acceptors (Lipinski definition) is 20. The van der Waals surface area contributed by atoms with Crippen molar-refractivity contribution in [3.63, 3.8) is 0 Å². The van der Waals surface area contributed by atoms with Crippen molar-refractivity contribution in [1.29, 1.82) is 0 Å². The third-order valence-corrected chi connectivity index (χ3v) is 7.80. The summed E-state index contributed by atoms with van der Waals surface area (Å²) in [6.45, 7) is 5.86. The predicted molar refractivity (Wildman–Crippen MR) is 255 cm³/mol. The van der Waals surface area contributed by atoms with Gasteiger partial charge in [0, 0.05) is 106 Å². The average molecular weight is 1230 g/mol. The Kier molecular flexibility index (Phi) is 54.0. The van der Waals surface area contributed by atoms with Crippen molar-refractivity contribution in [1.82, 2.24) is 5.06 Å². The van der Waals surface area contributed by atoms with E-state index in [1.165, 1.54) is 77.4 Å². The van der Waals surface area contributed by atoms with Crippen LogP contribution < -0.4 is 0 Å². The second kappa shape index (κ2) is 48.8. The van der Waals surface area contributed by atoms with E-state index in [0.717, 1.165) is 5.06 Å². The van der Waals surface area contributed by atoms with E-state index in [4.69, 9.17) is 54.4 Å². The Morgan fingerprint density at radius 2 is 0.754 bits per heavy atom. The molecule has 1 saturated heterocycles. The second-order valence-electron chi connectivity index (χ2n) is 14.1. The molecule has 1 amide bonds. The van der Waals surface area contributed by atoms with E-state index in [-0.39, 0.29) is 98.7 Å². The predicted octanol–water partition coefficient (Wildman–Crippen LogP) is 2.69. The van der Waals surface area contributed by atoms with Crippen molar-refractivity contribution < 1.29 is 121 Å². The van der Waals surface area contributed by atoms with Crippen LogP contribution in [0, 0.1) is 0 Å². The third kappa shape index (κ3) is 59.9. The number of Topliss-reactive ketones (excluding diaryl/α,β-unsaturated/α-hetero) is 4. The number of cyclic esters (lactones) is 2. The first-order valence-corrected chi connectivity index (χ1v) is 26.3. The molecule has 0 spiro atoms. The van der Waals surface area contributed by atoms with E-state index in [9.17, 15) is 57.5 Å². The topological polar surface area (TPSA) is 394 Å². The van der Waals surface area contributed by atoms with Gasteiger partial charge in [-0.25, -0.2) is 5.06 Å². The van der Waals surface area contributed by atoms with Gasteiger partial charge in [-0.2, -0.15) is 0 Å². The molecule has 1 fully saturated rings. The zero-order valence-corrected chi connectivity index (χ0v) is 44.9. The zero-order chi connectivity index (χ0) is 55.4. The van der Waals surface area contributed by atoms with Gasteiger partial charge in [-0.3, -0.25) is 62.4 Å². The highest BCUT2D eigenvalue weighted by molar-refractivity contribution is 15.0. The molecule has 1 aliphatic heterocycles. The largest absolute Gasteiger partial charge is 0.481 e. The van der Waals surface area contributed by atoms with E-state index >= 15 is 0 Å². The molecule has 1 heterocycles. The zero-order valence-electron chi connectivity index (χ0n) is 40.6. The summed E-state index contributed by atoms with van der Waals surface area (Å²) < 4.78 is 28.4. The number of carboxylic acids is 5. The molecule has 0 unspecified atom stereocenters. The molecule has 0 bridgehead atoms. The first-order valence-electron chi connectivity index (χ1n) is 20.0. The number of ketones is 4. The molecule has 2 atom stereocenters. The highest BCUT2D eigenvalue weighted by atomic mass is 128. The van der Waals surface area contributed by atoms with Crippen LogP contribution in [0.1, 0.15) is 105 Å². The van der Waals surface area contributed by atoms with Crippen LogP contribution in [0.25, 0.3) is 0 Å². The fourth-order valence-electron chi connectivity index (χ4n) is 4.54. The molecular formula is C41H69I2NO25. The van der Waals surface area contributed by atoms with Crippen LogP contribution in [0.4, 0.5) is 0 Å². The molecule has 1 aliphatic rings. The van der Waals surface area contributed by atoms with Crippen LogP contribution in [0.2, 0.25) is 0 Å². The smallest absolute Gasteiger partial charge is 0.316 e. The van der Waals surface area contributed by atoms with Crippen LogP contribution in [-0.4, -0.2) is 193 Å². The average Bonchev–Trinajstić information content (AvgIpc) is 3.22. The van der Waals surface area contributed by atoms with E-state index in [1.54, 1.807) is 0 Å². The van der Waals surface area contributed by atoms with Gasteiger partial charge < -0.3 is 59.1 Å². The maximum absolute atomic E-state index is 11.3. The van der Waals surface area contributed by atoms with Gasteiger partial charge in [0.1, 0.15) is 23.1 Å². The van der Waals surface area contributed by atoms with Crippen molar-refractivity contribution in [3.05, 3.63) is 0 Å². The van der Waals surface area contributed by atoms with Gasteiger partial charge in [-0.1, -0.05) is 0 Å². The molecule has 0 aromatic carbocycles. The molecular weight excluding hydrogens is 1160 g/mol.